The average Bonchev–Trinajstić information content (AvgIpc) is 3.39. The maximum Gasteiger partial charge on any atom is 0.245 e. The Kier molecular flexibility index (Phi) is 4.74. The largest absolute Gasteiger partial charge is 0.331 e. The average molecular weight is 417 g/mol. The molecule has 5 rings (SSSR count). The van der Waals surface area contributed by atoms with E-state index in [0.717, 1.165) is 11.3 Å². The predicted molar refractivity (Wildman–Crippen MR) is 109 cm³/mol. The number of aromatic nitrogens is 4. The lowest BCUT2D eigenvalue weighted by Gasteiger charge is -2.15. The molecule has 0 saturated carbocycles. The quantitative estimate of drug-likeness (QED) is 0.506. The van der Waals surface area contributed by atoms with Crippen molar-refractivity contribution in [3.05, 3.63) is 89.8 Å². The van der Waals surface area contributed by atoms with E-state index in [-0.39, 0.29) is 24.1 Å². The second-order valence-corrected chi connectivity index (χ2v) is 7.29. The molecule has 1 amide bonds. The molecule has 8 heteroatoms. The van der Waals surface area contributed by atoms with E-state index in [1.807, 2.05) is 12.1 Å². The standard InChI is InChI=1S/C23H17F2N5O/c24-18-7-3-15(4-8-18)22-27-23(16-5-9-19(25)10-6-16)30(28-22)14-21(31)29-12-17-2-1-11-26-20(17)13-29/h1-11H,12-14H2. The van der Waals surface area contributed by atoms with Crippen LogP contribution in [0.5, 0.6) is 0 Å². The van der Waals surface area contributed by atoms with E-state index in [4.69, 9.17) is 0 Å². The van der Waals surface area contributed by atoms with Gasteiger partial charge in [-0.15, -0.1) is 5.10 Å². The number of nitrogens with zero attached hydrogens (tertiary/aromatic N) is 5. The van der Waals surface area contributed by atoms with E-state index in [1.165, 1.54) is 28.9 Å². The van der Waals surface area contributed by atoms with Crippen molar-refractivity contribution in [1.82, 2.24) is 24.6 Å². The van der Waals surface area contributed by atoms with Gasteiger partial charge < -0.3 is 4.90 Å². The number of hydrogen-bond acceptors (Lipinski definition) is 4. The fraction of sp³-hybridized carbons (Fsp3) is 0.130. The summed E-state index contributed by atoms with van der Waals surface area (Å²) in [5.41, 5.74) is 3.16. The van der Waals surface area contributed by atoms with Crippen molar-refractivity contribution in [2.75, 3.05) is 0 Å². The minimum atomic E-state index is -0.369. The van der Waals surface area contributed by atoms with E-state index >= 15 is 0 Å². The van der Waals surface area contributed by atoms with Crippen LogP contribution in [0.15, 0.2) is 66.9 Å². The minimum absolute atomic E-state index is 0.0328. The number of carbonyl (C=O) groups excluding carboxylic acids is 1. The topological polar surface area (TPSA) is 63.9 Å². The zero-order valence-corrected chi connectivity index (χ0v) is 16.4. The molecule has 1 aliphatic heterocycles. The SMILES string of the molecule is O=C(Cn1nc(-c2ccc(F)cc2)nc1-c1ccc(F)cc1)N1Cc2cccnc2C1. The Morgan fingerprint density at radius 3 is 2.26 bits per heavy atom. The fourth-order valence-electron chi connectivity index (χ4n) is 3.59. The van der Waals surface area contributed by atoms with Gasteiger partial charge in [-0.2, -0.15) is 0 Å². The van der Waals surface area contributed by atoms with Gasteiger partial charge in [-0.1, -0.05) is 6.07 Å². The third-order valence-corrected chi connectivity index (χ3v) is 5.20. The first kappa shape index (κ1) is 19.0. The predicted octanol–water partition coefficient (Wildman–Crippen LogP) is 3.83. The van der Waals surface area contributed by atoms with Gasteiger partial charge in [0.25, 0.3) is 0 Å². The number of pyridine rings is 1. The summed E-state index contributed by atoms with van der Waals surface area (Å²) in [5, 5.41) is 4.50. The Hall–Kier alpha value is -3.94. The molecule has 3 heterocycles. The first-order chi connectivity index (χ1) is 15.1. The molecule has 154 valence electrons. The van der Waals surface area contributed by atoms with Crippen molar-refractivity contribution in [2.24, 2.45) is 0 Å². The summed E-state index contributed by atoms with van der Waals surface area (Å²) in [6.07, 6.45) is 1.71. The number of amides is 1. The zero-order chi connectivity index (χ0) is 21.4. The molecule has 6 nitrogen and oxygen atoms in total. The van der Waals surface area contributed by atoms with Gasteiger partial charge in [-0.05, 0) is 60.2 Å². The van der Waals surface area contributed by atoms with Crippen LogP contribution in [0.1, 0.15) is 11.3 Å². The smallest absolute Gasteiger partial charge is 0.245 e. The van der Waals surface area contributed by atoms with E-state index in [2.05, 4.69) is 15.1 Å². The number of fused-ring (bicyclic) bond motifs is 1. The highest BCUT2D eigenvalue weighted by molar-refractivity contribution is 5.77. The van der Waals surface area contributed by atoms with Crippen LogP contribution in [0.25, 0.3) is 22.8 Å². The minimum Gasteiger partial charge on any atom is -0.331 e. The second-order valence-electron chi connectivity index (χ2n) is 7.29. The van der Waals surface area contributed by atoms with Gasteiger partial charge >= 0.3 is 0 Å². The summed E-state index contributed by atoms with van der Waals surface area (Å²) in [4.78, 5) is 23.6. The normalized spacial score (nSPS) is 12.8. The second kappa shape index (κ2) is 7.71. The maximum absolute atomic E-state index is 13.4. The number of carbonyl (C=O) groups is 1. The van der Waals surface area contributed by atoms with Crippen molar-refractivity contribution in [1.29, 1.82) is 0 Å². The first-order valence-corrected chi connectivity index (χ1v) is 9.74. The van der Waals surface area contributed by atoms with Crippen LogP contribution in [-0.4, -0.2) is 30.6 Å². The molecule has 0 aliphatic carbocycles. The van der Waals surface area contributed by atoms with E-state index < -0.39 is 0 Å². The first-order valence-electron chi connectivity index (χ1n) is 9.74. The molecule has 0 unspecified atom stereocenters. The number of halogens is 2. The summed E-state index contributed by atoms with van der Waals surface area (Å²) in [5.74, 6) is -0.0655. The van der Waals surface area contributed by atoms with Gasteiger partial charge in [0.15, 0.2) is 11.6 Å². The van der Waals surface area contributed by atoms with Crippen LogP contribution in [-0.2, 0) is 24.4 Å². The third kappa shape index (κ3) is 3.79. The molecule has 1 aliphatic rings. The van der Waals surface area contributed by atoms with E-state index in [0.29, 0.717) is 35.9 Å². The summed E-state index contributed by atoms with van der Waals surface area (Å²) in [7, 11) is 0. The molecule has 0 N–H and O–H groups in total. The Bertz CT molecular complexity index is 1230. The van der Waals surface area contributed by atoms with Crippen molar-refractivity contribution >= 4 is 5.91 Å². The number of benzene rings is 2. The van der Waals surface area contributed by atoms with Crippen LogP contribution in [0.3, 0.4) is 0 Å². The van der Waals surface area contributed by atoms with Gasteiger partial charge in [0, 0.05) is 23.9 Å². The van der Waals surface area contributed by atoms with Crippen LogP contribution in [0, 0.1) is 11.6 Å². The highest BCUT2D eigenvalue weighted by atomic mass is 19.1. The van der Waals surface area contributed by atoms with E-state index in [9.17, 15) is 13.6 Å². The van der Waals surface area contributed by atoms with E-state index in [1.54, 1.807) is 35.4 Å². The Morgan fingerprint density at radius 1 is 0.903 bits per heavy atom. The molecule has 0 spiro atoms. The molecule has 0 fully saturated rings. The van der Waals surface area contributed by atoms with Crippen molar-refractivity contribution in [2.45, 2.75) is 19.6 Å². The molecular weight excluding hydrogens is 400 g/mol. The molecule has 2 aromatic carbocycles. The van der Waals surface area contributed by atoms with Crippen LogP contribution in [0.2, 0.25) is 0 Å². The maximum atomic E-state index is 13.4. The van der Waals surface area contributed by atoms with Gasteiger partial charge in [-0.25, -0.2) is 18.4 Å². The summed E-state index contributed by atoms with van der Waals surface area (Å²) in [6, 6.07) is 15.5. The van der Waals surface area contributed by atoms with Gasteiger partial charge in [0.1, 0.15) is 18.2 Å². The van der Waals surface area contributed by atoms with Crippen LogP contribution < -0.4 is 0 Å². The van der Waals surface area contributed by atoms with Crippen LogP contribution in [0.4, 0.5) is 8.78 Å². The molecule has 2 aromatic heterocycles. The zero-order valence-electron chi connectivity index (χ0n) is 16.4. The summed E-state index contributed by atoms with van der Waals surface area (Å²) >= 11 is 0. The fourth-order valence-corrected chi connectivity index (χ4v) is 3.59. The molecule has 0 bridgehead atoms. The van der Waals surface area contributed by atoms with Crippen LogP contribution >= 0.6 is 0 Å². The molecule has 31 heavy (non-hydrogen) atoms. The number of hydrogen-bond donors (Lipinski definition) is 0. The number of rotatable bonds is 4. The summed E-state index contributed by atoms with van der Waals surface area (Å²) < 4.78 is 28.2. The molecule has 0 saturated heterocycles. The van der Waals surface area contributed by atoms with Crippen molar-refractivity contribution < 1.29 is 13.6 Å². The lowest BCUT2D eigenvalue weighted by molar-refractivity contribution is -0.132. The lowest BCUT2D eigenvalue weighted by atomic mass is 10.2. The van der Waals surface area contributed by atoms with Gasteiger partial charge in [0.05, 0.1) is 12.2 Å². The van der Waals surface area contributed by atoms with Crippen molar-refractivity contribution in [3.8, 4) is 22.8 Å². The van der Waals surface area contributed by atoms with Gasteiger partial charge in [-0.3, -0.25) is 9.78 Å². The summed E-state index contributed by atoms with van der Waals surface area (Å²) in [6.45, 7) is 0.905. The molecule has 0 atom stereocenters. The molecular formula is C23H17F2N5O. The molecule has 0 radical (unpaired) electrons. The highest BCUT2D eigenvalue weighted by Gasteiger charge is 2.25. The third-order valence-electron chi connectivity index (χ3n) is 5.20. The van der Waals surface area contributed by atoms with Gasteiger partial charge in [0.2, 0.25) is 5.91 Å². The Labute approximate surface area is 176 Å². The van der Waals surface area contributed by atoms with Crippen molar-refractivity contribution in [3.63, 3.8) is 0 Å². The molecule has 4 aromatic rings. The monoisotopic (exact) mass is 417 g/mol. The Balaban J connectivity index is 1.47. The Morgan fingerprint density at radius 2 is 1.58 bits per heavy atom. The highest BCUT2D eigenvalue weighted by Crippen LogP contribution is 2.25. The lowest BCUT2D eigenvalue weighted by Crippen LogP contribution is -2.29.